The van der Waals surface area contributed by atoms with Gasteiger partial charge in [0.2, 0.25) is 0 Å². The highest BCUT2D eigenvalue weighted by molar-refractivity contribution is 6.06. The maximum absolute atomic E-state index is 6.75. The molecule has 1 heteroatoms. The summed E-state index contributed by atoms with van der Waals surface area (Å²) < 4.78 is 6.75. The molecule has 3 aliphatic rings. The summed E-state index contributed by atoms with van der Waals surface area (Å²) in [6.07, 6.45) is 0. The summed E-state index contributed by atoms with van der Waals surface area (Å²) in [5.74, 6) is 1.77. The molecule has 1 unspecified atom stereocenters. The van der Waals surface area contributed by atoms with Crippen LogP contribution in [0.2, 0.25) is 0 Å². The minimum atomic E-state index is -0.573. The first-order chi connectivity index (χ1) is 27.3. The zero-order valence-electron chi connectivity index (χ0n) is 30.0. The zero-order chi connectivity index (χ0) is 36.1. The molecule has 0 aromatic heterocycles. The van der Waals surface area contributed by atoms with Crippen LogP contribution in [0.25, 0.3) is 44.2 Å². The molecule has 1 spiro atoms. The minimum Gasteiger partial charge on any atom is -0.457 e. The van der Waals surface area contributed by atoms with Crippen LogP contribution in [0.3, 0.4) is 0 Å². The van der Waals surface area contributed by atoms with E-state index >= 15 is 0 Å². The average Bonchev–Trinajstić information content (AvgIpc) is 3.73. The second-order valence-electron chi connectivity index (χ2n) is 15.1. The van der Waals surface area contributed by atoms with Gasteiger partial charge in [0.05, 0.1) is 10.8 Å². The van der Waals surface area contributed by atoms with E-state index in [1.54, 1.807) is 0 Å². The normalized spacial score (nSPS) is 16.4. The van der Waals surface area contributed by atoms with E-state index in [0.717, 1.165) is 28.2 Å². The molecular weight excluding hydrogens is 665 g/mol. The Morgan fingerprint density at radius 3 is 1.64 bits per heavy atom. The number of rotatable bonds is 3. The molecule has 1 heterocycles. The topological polar surface area (TPSA) is 9.23 Å². The maximum Gasteiger partial charge on any atom is 0.132 e. The Balaban J connectivity index is 1.10. The lowest BCUT2D eigenvalue weighted by molar-refractivity contribution is 0.434. The number of fused-ring (bicyclic) bond motifs is 14. The summed E-state index contributed by atoms with van der Waals surface area (Å²) in [5, 5.41) is 2.58. The van der Waals surface area contributed by atoms with Crippen LogP contribution < -0.4 is 4.74 Å². The van der Waals surface area contributed by atoms with Crippen molar-refractivity contribution in [2.24, 2.45) is 0 Å². The molecule has 0 N–H and O–H groups in total. The van der Waals surface area contributed by atoms with E-state index < -0.39 is 10.8 Å². The molecular formula is C54H34O. The van der Waals surface area contributed by atoms with Crippen molar-refractivity contribution in [3.8, 4) is 44.9 Å². The van der Waals surface area contributed by atoms with Gasteiger partial charge in [0.1, 0.15) is 11.5 Å². The lowest BCUT2D eigenvalue weighted by Crippen LogP contribution is -2.34. The molecule has 0 radical (unpaired) electrons. The molecule has 55 heavy (non-hydrogen) atoms. The lowest BCUT2D eigenvalue weighted by atomic mass is 9.63. The quantitative estimate of drug-likeness (QED) is 0.178. The van der Waals surface area contributed by atoms with Crippen molar-refractivity contribution in [3.63, 3.8) is 0 Å². The van der Waals surface area contributed by atoms with E-state index in [2.05, 4.69) is 206 Å². The summed E-state index contributed by atoms with van der Waals surface area (Å²) in [4.78, 5) is 0. The first-order valence-corrected chi connectivity index (χ1v) is 19.2. The van der Waals surface area contributed by atoms with Gasteiger partial charge >= 0.3 is 0 Å². The van der Waals surface area contributed by atoms with Gasteiger partial charge in [0.25, 0.3) is 0 Å². The van der Waals surface area contributed by atoms with Crippen molar-refractivity contribution in [1.82, 2.24) is 0 Å². The van der Waals surface area contributed by atoms with Crippen LogP contribution in [0.5, 0.6) is 11.5 Å². The summed E-state index contributed by atoms with van der Waals surface area (Å²) in [7, 11) is 0. The minimum absolute atomic E-state index is 0.399. The standard InChI is InChI=1S/C54H34O/c1-3-16-38(17-4-1)53(39-18-5-2-6-19-39)47-25-13-14-26-50(47)55-51-32-29-37(34-49(51)53)36-28-30-46-43(33-36)41-21-9-11-23-44(41)54(46)45-24-12-10-22-42(45)52-40-20-8-7-15-35(40)27-31-48(52)54/h1-34H. The molecule has 9 aromatic rings. The second kappa shape index (κ2) is 11.3. The van der Waals surface area contributed by atoms with Crippen LogP contribution in [0.4, 0.5) is 0 Å². The van der Waals surface area contributed by atoms with Crippen LogP contribution in [0.1, 0.15) is 44.5 Å². The molecule has 2 aliphatic carbocycles. The smallest absolute Gasteiger partial charge is 0.132 e. The van der Waals surface area contributed by atoms with Gasteiger partial charge in [-0.15, -0.1) is 0 Å². The first-order valence-electron chi connectivity index (χ1n) is 19.2. The fourth-order valence-corrected chi connectivity index (χ4v) is 10.5. The highest BCUT2D eigenvalue weighted by atomic mass is 16.5. The lowest BCUT2D eigenvalue weighted by Gasteiger charge is -2.41. The fraction of sp³-hybridized carbons (Fsp3) is 0.0370. The van der Waals surface area contributed by atoms with Crippen LogP contribution in [0, 0.1) is 0 Å². The van der Waals surface area contributed by atoms with E-state index in [1.807, 2.05) is 0 Å². The molecule has 0 saturated carbocycles. The zero-order valence-corrected chi connectivity index (χ0v) is 30.0. The number of para-hydroxylation sites is 1. The van der Waals surface area contributed by atoms with Crippen molar-refractivity contribution in [2.45, 2.75) is 10.8 Å². The van der Waals surface area contributed by atoms with Gasteiger partial charge in [-0.3, -0.25) is 0 Å². The highest BCUT2D eigenvalue weighted by Gasteiger charge is 2.52. The molecule has 9 aromatic carbocycles. The van der Waals surface area contributed by atoms with Crippen LogP contribution in [-0.2, 0) is 10.8 Å². The third-order valence-corrected chi connectivity index (χ3v) is 12.6. The summed E-state index contributed by atoms with van der Waals surface area (Å²) in [6, 6.07) is 76.1. The third kappa shape index (κ3) is 3.92. The predicted molar refractivity (Wildman–Crippen MR) is 224 cm³/mol. The van der Waals surface area contributed by atoms with Gasteiger partial charge in [-0.2, -0.15) is 0 Å². The van der Waals surface area contributed by atoms with Crippen LogP contribution in [0.15, 0.2) is 206 Å². The Bertz CT molecular complexity index is 2970. The Morgan fingerprint density at radius 1 is 0.309 bits per heavy atom. The molecule has 12 rings (SSSR count). The first kappa shape index (κ1) is 30.5. The number of hydrogen-bond donors (Lipinski definition) is 0. The molecule has 1 nitrogen and oxygen atoms in total. The Morgan fingerprint density at radius 2 is 0.855 bits per heavy atom. The maximum atomic E-state index is 6.75. The monoisotopic (exact) mass is 698 g/mol. The summed E-state index contributed by atoms with van der Waals surface area (Å²) in [5.41, 5.74) is 16.8. The average molecular weight is 699 g/mol. The molecule has 1 atom stereocenters. The Labute approximate surface area is 320 Å². The summed E-state index contributed by atoms with van der Waals surface area (Å²) >= 11 is 0. The fourth-order valence-electron chi connectivity index (χ4n) is 10.5. The van der Waals surface area contributed by atoms with Gasteiger partial charge in [0.15, 0.2) is 0 Å². The molecule has 0 bridgehead atoms. The Hall–Kier alpha value is -6.96. The molecule has 1 aliphatic heterocycles. The van der Waals surface area contributed by atoms with Crippen molar-refractivity contribution in [3.05, 3.63) is 251 Å². The van der Waals surface area contributed by atoms with Crippen molar-refractivity contribution >= 4 is 10.8 Å². The van der Waals surface area contributed by atoms with Gasteiger partial charge in [-0.05, 0) is 102 Å². The second-order valence-corrected chi connectivity index (χ2v) is 15.1. The van der Waals surface area contributed by atoms with Gasteiger partial charge in [0, 0.05) is 11.1 Å². The molecule has 256 valence electrons. The van der Waals surface area contributed by atoms with Gasteiger partial charge in [-0.25, -0.2) is 0 Å². The van der Waals surface area contributed by atoms with Crippen molar-refractivity contribution in [2.75, 3.05) is 0 Å². The third-order valence-electron chi connectivity index (χ3n) is 12.6. The number of hydrogen-bond acceptors (Lipinski definition) is 1. The van der Waals surface area contributed by atoms with Crippen molar-refractivity contribution < 1.29 is 4.74 Å². The van der Waals surface area contributed by atoms with Crippen LogP contribution in [-0.4, -0.2) is 0 Å². The Kier molecular flexibility index (Phi) is 6.25. The predicted octanol–water partition coefficient (Wildman–Crippen LogP) is 13.3. The van der Waals surface area contributed by atoms with E-state index in [9.17, 15) is 0 Å². The van der Waals surface area contributed by atoms with Crippen molar-refractivity contribution in [1.29, 1.82) is 0 Å². The van der Waals surface area contributed by atoms with E-state index in [-0.39, 0.29) is 0 Å². The molecule has 0 fully saturated rings. The summed E-state index contributed by atoms with van der Waals surface area (Å²) in [6.45, 7) is 0. The highest BCUT2D eigenvalue weighted by Crippen LogP contribution is 2.64. The van der Waals surface area contributed by atoms with Gasteiger partial charge < -0.3 is 4.74 Å². The molecule has 0 amide bonds. The number of benzene rings is 9. The molecule has 0 saturated heterocycles. The van der Waals surface area contributed by atoms with E-state index in [4.69, 9.17) is 4.74 Å². The van der Waals surface area contributed by atoms with E-state index in [0.29, 0.717) is 0 Å². The van der Waals surface area contributed by atoms with E-state index in [1.165, 1.54) is 72.0 Å². The SMILES string of the molecule is c1ccc(C2(c3ccccc3)c3ccccc3Oc3ccc(-c4ccc5c(c4)-c4ccccc4C54c5ccccc5-c5c4ccc4ccccc54)cc32)cc1. The van der Waals surface area contributed by atoms with Crippen LogP contribution >= 0.6 is 0 Å². The van der Waals surface area contributed by atoms with Gasteiger partial charge in [-0.1, -0.05) is 182 Å². The largest absolute Gasteiger partial charge is 0.457 e. The number of ether oxygens (including phenoxy) is 1.